The van der Waals surface area contributed by atoms with Gasteiger partial charge in [-0.05, 0) is 37.5 Å². The quantitative estimate of drug-likeness (QED) is 0.808. The van der Waals surface area contributed by atoms with Crippen molar-refractivity contribution in [2.45, 2.75) is 25.8 Å². The maximum Gasteiger partial charge on any atom is 0.244 e. The lowest BCUT2D eigenvalue weighted by atomic mass is 10.1. The molecule has 0 saturated carbocycles. The number of hydrogen-bond donors (Lipinski definition) is 1. The summed E-state index contributed by atoms with van der Waals surface area (Å²) in [6.45, 7) is 2.94. The van der Waals surface area contributed by atoms with Crippen molar-refractivity contribution in [2.24, 2.45) is 0 Å². The highest BCUT2D eigenvalue weighted by atomic mass is 16.2. The molecule has 1 aromatic rings. The number of benzene rings is 1. The largest absolute Gasteiger partial charge is 0.398 e. The molecule has 4 heteroatoms. The Kier molecular flexibility index (Phi) is 3.45. The number of nitrogens with zero attached hydrogens (tertiary/aromatic N) is 2. The van der Waals surface area contributed by atoms with Crippen LogP contribution in [0.2, 0.25) is 0 Å². The fourth-order valence-corrected chi connectivity index (χ4v) is 2.56. The Morgan fingerprint density at radius 2 is 2.17 bits per heavy atom. The van der Waals surface area contributed by atoms with Gasteiger partial charge in [-0.15, -0.1) is 0 Å². The lowest BCUT2D eigenvalue weighted by Gasteiger charge is -2.29. The van der Waals surface area contributed by atoms with Crippen molar-refractivity contribution in [3.63, 3.8) is 0 Å². The van der Waals surface area contributed by atoms with Gasteiger partial charge in [-0.25, -0.2) is 0 Å². The average molecular weight is 247 g/mol. The molecule has 0 spiro atoms. The standard InChI is InChI=1S/C14H21N3O/c1-10-11(15)6-4-7-12(10)17-9-5-8-13(17)14(18)16(2)3/h4,6-7,13H,5,8-9,15H2,1-3H3. The lowest BCUT2D eigenvalue weighted by molar-refractivity contribution is -0.129. The Morgan fingerprint density at radius 3 is 2.83 bits per heavy atom. The zero-order valence-corrected chi connectivity index (χ0v) is 11.3. The van der Waals surface area contributed by atoms with E-state index in [0.29, 0.717) is 0 Å². The molecule has 1 unspecified atom stereocenters. The highest BCUT2D eigenvalue weighted by Crippen LogP contribution is 2.31. The zero-order valence-electron chi connectivity index (χ0n) is 11.3. The zero-order chi connectivity index (χ0) is 13.3. The number of nitrogens with two attached hydrogens (primary N) is 1. The van der Waals surface area contributed by atoms with Crippen LogP contribution in [0.15, 0.2) is 18.2 Å². The third-order valence-electron chi connectivity index (χ3n) is 3.64. The molecule has 98 valence electrons. The van der Waals surface area contributed by atoms with E-state index >= 15 is 0 Å². The Labute approximate surface area is 108 Å². The number of carbonyl (C=O) groups excluding carboxylic acids is 1. The third kappa shape index (κ3) is 2.15. The van der Waals surface area contributed by atoms with Crippen LogP contribution in [0.5, 0.6) is 0 Å². The Morgan fingerprint density at radius 1 is 1.44 bits per heavy atom. The van der Waals surface area contributed by atoms with Gasteiger partial charge >= 0.3 is 0 Å². The van der Waals surface area contributed by atoms with Crippen LogP contribution in [0.25, 0.3) is 0 Å². The number of carbonyl (C=O) groups is 1. The van der Waals surface area contributed by atoms with Crippen molar-refractivity contribution in [1.29, 1.82) is 0 Å². The topological polar surface area (TPSA) is 49.6 Å². The van der Waals surface area contributed by atoms with Gasteiger partial charge in [0.25, 0.3) is 0 Å². The number of likely N-dealkylation sites (N-methyl/N-ethyl adjacent to an activating group) is 1. The van der Waals surface area contributed by atoms with Gasteiger partial charge in [0, 0.05) is 32.0 Å². The highest BCUT2D eigenvalue weighted by Gasteiger charge is 2.32. The highest BCUT2D eigenvalue weighted by molar-refractivity contribution is 5.86. The smallest absolute Gasteiger partial charge is 0.244 e. The molecular weight excluding hydrogens is 226 g/mol. The first-order valence-electron chi connectivity index (χ1n) is 6.35. The summed E-state index contributed by atoms with van der Waals surface area (Å²) in [5, 5.41) is 0. The van der Waals surface area contributed by atoms with Crippen molar-refractivity contribution in [3.05, 3.63) is 23.8 Å². The molecule has 2 rings (SSSR count). The molecule has 1 fully saturated rings. The predicted molar refractivity (Wildman–Crippen MR) is 74.7 cm³/mol. The number of amides is 1. The van der Waals surface area contributed by atoms with Gasteiger partial charge in [0.1, 0.15) is 6.04 Å². The molecule has 4 nitrogen and oxygen atoms in total. The monoisotopic (exact) mass is 247 g/mol. The summed E-state index contributed by atoms with van der Waals surface area (Å²) in [4.78, 5) is 16.0. The van der Waals surface area contributed by atoms with Crippen LogP contribution >= 0.6 is 0 Å². The van der Waals surface area contributed by atoms with E-state index in [0.717, 1.165) is 36.3 Å². The van der Waals surface area contributed by atoms with E-state index in [1.54, 1.807) is 4.90 Å². The summed E-state index contributed by atoms with van der Waals surface area (Å²) in [5.74, 6) is 0.175. The van der Waals surface area contributed by atoms with E-state index < -0.39 is 0 Å². The molecular formula is C14H21N3O. The SMILES string of the molecule is Cc1c(N)cccc1N1CCCC1C(=O)N(C)C. The van der Waals surface area contributed by atoms with Crippen molar-refractivity contribution >= 4 is 17.3 Å². The second-order valence-corrected chi connectivity index (χ2v) is 5.08. The second-order valence-electron chi connectivity index (χ2n) is 5.08. The summed E-state index contributed by atoms with van der Waals surface area (Å²) in [5.41, 5.74) is 8.89. The minimum Gasteiger partial charge on any atom is -0.398 e. The lowest BCUT2D eigenvalue weighted by Crippen LogP contribution is -2.43. The molecule has 0 bridgehead atoms. The first kappa shape index (κ1) is 12.7. The maximum absolute atomic E-state index is 12.2. The van der Waals surface area contributed by atoms with Crippen LogP contribution in [0.1, 0.15) is 18.4 Å². The Balaban J connectivity index is 2.32. The van der Waals surface area contributed by atoms with Crippen LogP contribution in [0, 0.1) is 6.92 Å². The molecule has 1 aliphatic rings. The summed E-state index contributed by atoms with van der Waals surface area (Å²) >= 11 is 0. The van der Waals surface area contributed by atoms with Gasteiger partial charge in [0.15, 0.2) is 0 Å². The van der Waals surface area contributed by atoms with Crippen LogP contribution < -0.4 is 10.6 Å². The van der Waals surface area contributed by atoms with Crippen LogP contribution in [0.3, 0.4) is 0 Å². The number of nitrogen functional groups attached to an aromatic ring is 1. The summed E-state index contributed by atoms with van der Waals surface area (Å²) in [7, 11) is 3.62. The average Bonchev–Trinajstić information content (AvgIpc) is 2.80. The molecule has 0 radical (unpaired) electrons. The summed E-state index contributed by atoms with van der Waals surface area (Å²) < 4.78 is 0. The number of hydrogen-bond acceptors (Lipinski definition) is 3. The van der Waals surface area contributed by atoms with Crippen molar-refractivity contribution < 1.29 is 4.79 Å². The first-order chi connectivity index (χ1) is 8.52. The number of rotatable bonds is 2. The number of anilines is 2. The van der Waals surface area contributed by atoms with Crippen LogP contribution in [0.4, 0.5) is 11.4 Å². The van der Waals surface area contributed by atoms with E-state index in [-0.39, 0.29) is 11.9 Å². The summed E-state index contributed by atoms with van der Waals surface area (Å²) in [6, 6.07) is 5.86. The molecule has 1 amide bonds. The molecule has 1 aliphatic heterocycles. The van der Waals surface area contributed by atoms with Gasteiger partial charge in [-0.2, -0.15) is 0 Å². The molecule has 0 aromatic heterocycles. The normalized spacial score (nSPS) is 19.1. The van der Waals surface area contributed by atoms with Gasteiger partial charge in [0.2, 0.25) is 5.91 Å². The molecule has 1 heterocycles. The Hall–Kier alpha value is -1.71. The molecule has 0 aliphatic carbocycles. The molecule has 2 N–H and O–H groups in total. The third-order valence-corrected chi connectivity index (χ3v) is 3.64. The van der Waals surface area contributed by atoms with Crippen LogP contribution in [-0.4, -0.2) is 37.5 Å². The molecule has 1 aromatic carbocycles. The maximum atomic E-state index is 12.2. The van der Waals surface area contributed by atoms with E-state index in [1.807, 2.05) is 39.2 Å². The van der Waals surface area contributed by atoms with E-state index in [1.165, 1.54) is 0 Å². The fourth-order valence-electron chi connectivity index (χ4n) is 2.56. The fraction of sp³-hybridized carbons (Fsp3) is 0.500. The van der Waals surface area contributed by atoms with Gasteiger partial charge in [0.05, 0.1) is 0 Å². The molecule has 18 heavy (non-hydrogen) atoms. The van der Waals surface area contributed by atoms with Crippen molar-refractivity contribution in [2.75, 3.05) is 31.3 Å². The van der Waals surface area contributed by atoms with Crippen LogP contribution in [-0.2, 0) is 4.79 Å². The molecule has 1 atom stereocenters. The van der Waals surface area contributed by atoms with Gasteiger partial charge in [-0.3, -0.25) is 4.79 Å². The first-order valence-corrected chi connectivity index (χ1v) is 6.35. The molecule has 1 saturated heterocycles. The predicted octanol–water partition coefficient (Wildman–Crippen LogP) is 1.63. The van der Waals surface area contributed by atoms with Gasteiger partial charge < -0.3 is 15.5 Å². The minimum atomic E-state index is -0.0412. The Bertz CT molecular complexity index is 456. The van der Waals surface area contributed by atoms with E-state index in [9.17, 15) is 4.79 Å². The van der Waals surface area contributed by atoms with Crippen molar-refractivity contribution in [3.8, 4) is 0 Å². The van der Waals surface area contributed by atoms with E-state index in [2.05, 4.69) is 4.90 Å². The minimum absolute atomic E-state index is 0.0412. The second kappa shape index (κ2) is 4.88. The van der Waals surface area contributed by atoms with Gasteiger partial charge in [-0.1, -0.05) is 6.07 Å². The van der Waals surface area contributed by atoms with E-state index in [4.69, 9.17) is 5.73 Å². The van der Waals surface area contributed by atoms with Crippen molar-refractivity contribution in [1.82, 2.24) is 4.90 Å². The summed E-state index contributed by atoms with van der Waals surface area (Å²) in [6.07, 6.45) is 1.98.